The Bertz CT molecular complexity index is 176. The number of urea groups is 1. The van der Waals surface area contributed by atoms with Crippen LogP contribution >= 0.6 is 0 Å². The molecule has 0 radical (unpaired) electrons. The Balaban J connectivity index is 3.86. The van der Waals surface area contributed by atoms with E-state index < -0.39 is 12.0 Å². The smallest absolute Gasteiger partial charge is 0.353 e. The fourth-order valence-corrected chi connectivity index (χ4v) is 0.323. The SMILES string of the molecule is C=C(NC(N)=O)C(=O)OC. The molecule has 0 heterocycles. The lowest BCUT2D eigenvalue weighted by atomic mass is 10.5. The lowest BCUT2D eigenvalue weighted by Crippen LogP contribution is -2.31. The summed E-state index contributed by atoms with van der Waals surface area (Å²) in [7, 11) is 1.18. The number of ether oxygens (including phenoxy) is 1. The van der Waals surface area contributed by atoms with E-state index in [1.54, 1.807) is 0 Å². The van der Waals surface area contributed by atoms with Gasteiger partial charge < -0.3 is 15.8 Å². The number of rotatable bonds is 2. The van der Waals surface area contributed by atoms with E-state index in [0.29, 0.717) is 0 Å². The number of hydrogen-bond donors (Lipinski definition) is 2. The average Bonchev–Trinajstić information content (AvgIpc) is 1.85. The van der Waals surface area contributed by atoms with Crippen molar-refractivity contribution in [2.75, 3.05) is 7.11 Å². The summed E-state index contributed by atoms with van der Waals surface area (Å²) in [5, 5.41) is 1.96. The van der Waals surface area contributed by atoms with Crippen LogP contribution < -0.4 is 11.1 Å². The third-order valence-electron chi connectivity index (χ3n) is 0.706. The fourth-order valence-electron chi connectivity index (χ4n) is 0.323. The maximum atomic E-state index is 10.5. The third kappa shape index (κ3) is 2.71. The van der Waals surface area contributed by atoms with Crippen molar-refractivity contribution in [3.8, 4) is 0 Å². The molecule has 10 heavy (non-hydrogen) atoms. The van der Waals surface area contributed by atoms with Gasteiger partial charge in [-0.3, -0.25) is 0 Å². The van der Waals surface area contributed by atoms with Crippen LogP contribution in [0.3, 0.4) is 0 Å². The first-order valence-corrected chi connectivity index (χ1v) is 2.41. The third-order valence-corrected chi connectivity index (χ3v) is 0.706. The van der Waals surface area contributed by atoms with Crippen molar-refractivity contribution in [1.82, 2.24) is 5.32 Å². The summed E-state index contributed by atoms with van der Waals surface area (Å²) < 4.78 is 4.20. The van der Waals surface area contributed by atoms with Crippen LogP contribution in [-0.4, -0.2) is 19.1 Å². The van der Waals surface area contributed by atoms with Gasteiger partial charge in [-0.05, 0) is 0 Å². The quantitative estimate of drug-likeness (QED) is 0.398. The number of methoxy groups -OCH3 is 1. The predicted molar refractivity (Wildman–Crippen MR) is 33.9 cm³/mol. The Morgan fingerprint density at radius 1 is 1.60 bits per heavy atom. The first-order chi connectivity index (χ1) is 4.57. The van der Waals surface area contributed by atoms with E-state index in [0.717, 1.165) is 0 Å². The average molecular weight is 144 g/mol. The van der Waals surface area contributed by atoms with E-state index in [1.807, 2.05) is 5.32 Å². The Labute approximate surface area is 57.8 Å². The molecule has 0 fully saturated rings. The van der Waals surface area contributed by atoms with Crippen LogP contribution in [0.25, 0.3) is 0 Å². The molecule has 0 aromatic rings. The molecule has 3 N–H and O–H groups in total. The number of esters is 1. The normalized spacial score (nSPS) is 8.10. The largest absolute Gasteiger partial charge is 0.464 e. The van der Waals surface area contributed by atoms with Gasteiger partial charge in [0.2, 0.25) is 0 Å². The number of nitrogens with two attached hydrogens (primary N) is 1. The topological polar surface area (TPSA) is 81.4 Å². The van der Waals surface area contributed by atoms with E-state index >= 15 is 0 Å². The van der Waals surface area contributed by atoms with E-state index in [9.17, 15) is 9.59 Å². The highest BCUT2D eigenvalue weighted by molar-refractivity contribution is 5.92. The summed E-state index contributed by atoms with van der Waals surface area (Å²) in [5.74, 6) is -0.709. The molecule has 0 bridgehead atoms. The van der Waals surface area contributed by atoms with Gasteiger partial charge in [0.15, 0.2) is 0 Å². The fraction of sp³-hybridized carbons (Fsp3) is 0.200. The molecule has 0 aliphatic rings. The van der Waals surface area contributed by atoms with Crippen molar-refractivity contribution in [2.24, 2.45) is 5.73 Å². The summed E-state index contributed by atoms with van der Waals surface area (Å²) in [5.41, 5.74) is 4.50. The molecule has 0 atom stereocenters. The standard InChI is InChI=1S/C5H8N2O3/c1-3(4(8)10-2)7-5(6)9/h1H2,2H3,(H3,6,7,9). The van der Waals surface area contributed by atoms with Gasteiger partial charge in [-0.15, -0.1) is 0 Å². The van der Waals surface area contributed by atoms with Gasteiger partial charge in [-0.25, -0.2) is 9.59 Å². The Hall–Kier alpha value is -1.52. The maximum Gasteiger partial charge on any atom is 0.353 e. The minimum absolute atomic E-state index is 0.171. The van der Waals surface area contributed by atoms with Gasteiger partial charge >= 0.3 is 12.0 Å². The monoisotopic (exact) mass is 144 g/mol. The predicted octanol–water partition coefficient (Wildman–Crippen LogP) is -0.659. The van der Waals surface area contributed by atoms with Gasteiger partial charge in [0.25, 0.3) is 0 Å². The second-order valence-electron chi connectivity index (χ2n) is 1.46. The molecular weight excluding hydrogens is 136 g/mol. The molecule has 0 rings (SSSR count). The summed E-state index contributed by atoms with van der Waals surface area (Å²) in [6, 6.07) is -0.838. The molecule has 5 nitrogen and oxygen atoms in total. The molecular formula is C5H8N2O3. The number of carbonyl (C=O) groups excluding carboxylic acids is 2. The van der Waals surface area contributed by atoms with E-state index in [2.05, 4.69) is 17.0 Å². The zero-order chi connectivity index (χ0) is 8.15. The molecule has 0 saturated heterocycles. The highest BCUT2D eigenvalue weighted by atomic mass is 16.5. The summed E-state index contributed by atoms with van der Waals surface area (Å²) in [6.45, 7) is 3.18. The van der Waals surface area contributed by atoms with Crippen LogP contribution in [-0.2, 0) is 9.53 Å². The Kier molecular flexibility index (Phi) is 2.96. The van der Waals surface area contributed by atoms with Gasteiger partial charge in [-0.2, -0.15) is 0 Å². The molecule has 2 amide bonds. The molecule has 0 aromatic heterocycles. The molecule has 0 aromatic carbocycles. The van der Waals surface area contributed by atoms with Crippen molar-refractivity contribution < 1.29 is 14.3 Å². The van der Waals surface area contributed by atoms with Crippen molar-refractivity contribution >= 4 is 12.0 Å². The van der Waals surface area contributed by atoms with Crippen LogP contribution in [0.1, 0.15) is 0 Å². The van der Waals surface area contributed by atoms with Crippen LogP contribution in [0.15, 0.2) is 12.3 Å². The Morgan fingerprint density at radius 3 is 2.40 bits per heavy atom. The van der Waals surface area contributed by atoms with Crippen LogP contribution in [0.4, 0.5) is 4.79 Å². The van der Waals surface area contributed by atoms with Crippen molar-refractivity contribution in [3.63, 3.8) is 0 Å². The Morgan fingerprint density at radius 2 is 2.10 bits per heavy atom. The van der Waals surface area contributed by atoms with Gasteiger partial charge in [0, 0.05) is 0 Å². The minimum atomic E-state index is -0.838. The van der Waals surface area contributed by atoms with E-state index in [-0.39, 0.29) is 5.70 Å². The molecule has 0 saturated carbocycles. The van der Waals surface area contributed by atoms with E-state index in [1.165, 1.54) is 7.11 Å². The summed E-state index contributed by atoms with van der Waals surface area (Å²) >= 11 is 0. The zero-order valence-electron chi connectivity index (χ0n) is 5.51. The minimum Gasteiger partial charge on any atom is -0.464 e. The lowest BCUT2D eigenvalue weighted by molar-refractivity contribution is -0.136. The number of primary amides is 1. The second kappa shape index (κ2) is 3.49. The van der Waals surface area contributed by atoms with E-state index in [4.69, 9.17) is 0 Å². The number of nitrogens with one attached hydrogen (secondary N) is 1. The highest BCUT2D eigenvalue weighted by Gasteiger charge is 2.06. The number of carbonyl (C=O) groups is 2. The van der Waals surface area contributed by atoms with Crippen LogP contribution in [0, 0.1) is 0 Å². The molecule has 5 heteroatoms. The summed E-state index contributed by atoms with van der Waals surface area (Å²) in [4.78, 5) is 20.5. The second-order valence-corrected chi connectivity index (χ2v) is 1.46. The number of hydrogen-bond acceptors (Lipinski definition) is 3. The highest BCUT2D eigenvalue weighted by Crippen LogP contribution is 1.85. The first kappa shape index (κ1) is 8.48. The molecule has 56 valence electrons. The summed E-state index contributed by atoms with van der Waals surface area (Å²) in [6.07, 6.45) is 0. The first-order valence-electron chi connectivity index (χ1n) is 2.41. The van der Waals surface area contributed by atoms with Gasteiger partial charge in [0.1, 0.15) is 5.70 Å². The molecule has 0 spiro atoms. The lowest BCUT2D eigenvalue weighted by Gasteiger charge is -2.01. The van der Waals surface area contributed by atoms with Crippen LogP contribution in [0.2, 0.25) is 0 Å². The van der Waals surface area contributed by atoms with Crippen molar-refractivity contribution in [2.45, 2.75) is 0 Å². The maximum absolute atomic E-state index is 10.5. The van der Waals surface area contributed by atoms with Crippen molar-refractivity contribution in [1.29, 1.82) is 0 Å². The van der Waals surface area contributed by atoms with Crippen molar-refractivity contribution in [3.05, 3.63) is 12.3 Å². The molecule has 0 aliphatic carbocycles. The molecule has 0 aliphatic heterocycles. The van der Waals surface area contributed by atoms with Gasteiger partial charge in [0.05, 0.1) is 7.11 Å². The zero-order valence-corrected chi connectivity index (χ0v) is 5.51. The molecule has 0 unspecified atom stereocenters. The van der Waals surface area contributed by atoms with Gasteiger partial charge in [-0.1, -0.05) is 6.58 Å². The van der Waals surface area contributed by atoms with Crippen LogP contribution in [0.5, 0.6) is 0 Å². The number of amides is 2.